The van der Waals surface area contributed by atoms with Gasteiger partial charge >= 0.3 is 0 Å². The molecule has 1 aromatic heterocycles. The SMILES string of the molecule is CCCn1c(CN2CCNCC2)c(C(=O)N[C@H](c2cccc(F)c2)C2CCC2)c2cccc(F)c2c1=O. The fourth-order valence-electron chi connectivity index (χ4n) is 5.62. The summed E-state index contributed by atoms with van der Waals surface area (Å²) in [5, 5.41) is 6.78. The van der Waals surface area contributed by atoms with Gasteiger partial charge in [0.15, 0.2) is 0 Å². The average Bonchev–Trinajstić information content (AvgIpc) is 2.85. The van der Waals surface area contributed by atoms with Crippen molar-refractivity contribution in [2.75, 3.05) is 26.2 Å². The topological polar surface area (TPSA) is 66.4 Å². The van der Waals surface area contributed by atoms with Crippen LogP contribution < -0.4 is 16.2 Å². The maximum Gasteiger partial charge on any atom is 0.261 e. The van der Waals surface area contributed by atoms with Crippen LogP contribution in [0.2, 0.25) is 0 Å². The quantitative estimate of drug-likeness (QED) is 0.475. The summed E-state index contributed by atoms with van der Waals surface area (Å²) in [6, 6.07) is 10.5. The number of pyridine rings is 1. The molecule has 0 spiro atoms. The van der Waals surface area contributed by atoms with Gasteiger partial charge in [0, 0.05) is 50.3 Å². The summed E-state index contributed by atoms with van der Waals surface area (Å²) in [5.74, 6) is -1.13. The molecule has 1 saturated heterocycles. The van der Waals surface area contributed by atoms with E-state index in [1.807, 2.05) is 13.0 Å². The van der Waals surface area contributed by atoms with Gasteiger partial charge in [-0.15, -0.1) is 0 Å². The van der Waals surface area contributed by atoms with E-state index in [-0.39, 0.29) is 29.1 Å². The normalized spacial score (nSPS) is 17.5. The fourth-order valence-corrected chi connectivity index (χ4v) is 5.62. The first-order valence-corrected chi connectivity index (χ1v) is 13.3. The highest BCUT2D eigenvalue weighted by Crippen LogP contribution is 2.38. The highest BCUT2D eigenvalue weighted by atomic mass is 19.1. The van der Waals surface area contributed by atoms with Gasteiger partial charge in [-0.1, -0.05) is 37.6 Å². The molecule has 2 heterocycles. The Morgan fingerprint density at radius 2 is 1.89 bits per heavy atom. The number of hydrogen-bond donors (Lipinski definition) is 2. The van der Waals surface area contributed by atoms with Crippen molar-refractivity contribution >= 4 is 16.7 Å². The second-order valence-corrected chi connectivity index (χ2v) is 10.2. The molecule has 2 fully saturated rings. The Kier molecular flexibility index (Phi) is 7.67. The number of hydrogen-bond acceptors (Lipinski definition) is 4. The number of amides is 1. The number of rotatable bonds is 8. The van der Waals surface area contributed by atoms with Crippen LogP contribution in [0.15, 0.2) is 47.3 Å². The summed E-state index contributed by atoms with van der Waals surface area (Å²) in [4.78, 5) is 29.9. The molecule has 3 aromatic rings. The molecule has 0 unspecified atom stereocenters. The smallest absolute Gasteiger partial charge is 0.261 e. The van der Waals surface area contributed by atoms with Gasteiger partial charge in [0.2, 0.25) is 0 Å². The first-order chi connectivity index (χ1) is 18.0. The number of carbonyl (C=O) groups is 1. The predicted octanol–water partition coefficient (Wildman–Crippen LogP) is 4.37. The Hall–Kier alpha value is -3.10. The van der Waals surface area contributed by atoms with Crippen molar-refractivity contribution in [2.45, 2.75) is 51.7 Å². The van der Waals surface area contributed by atoms with Crippen LogP contribution in [0, 0.1) is 17.6 Å². The Morgan fingerprint density at radius 3 is 2.57 bits per heavy atom. The van der Waals surface area contributed by atoms with E-state index in [1.165, 1.54) is 18.2 Å². The van der Waals surface area contributed by atoms with Gasteiger partial charge in [-0.3, -0.25) is 14.5 Å². The lowest BCUT2D eigenvalue weighted by Crippen LogP contribution is -2.45. The molecule has 1 aliphatic heterocycles. The molecular formula is C29H34F2N4O2. The third kappa shape index (κ3) is 5.18. The lowest BCUT2D eigenvalue weighted by molar-refractivity contribution is 0.0898. The Labute approximate surface area is 215 Å². The van der Waals surface area contributed by atoms with E-state index in [2.05, 4.69) is 15.5 Å². The van der Waals surface area contributed by atoms with Gasteiger partial charge < -0.3 is 15.2 Å². The van der Waals surface area contributed by atoms with E-state index in [4.69, 9.17) is 0 Å². The van der Waals surface area contributed by atoms with Crippen molar-refractivity contribution in [1.82, 2.24) is 20.1 Å². The summed E-state index contributed by atoms with van der Waals surface area (Å²) in [7, 11) is 0. The molecule has 1 amide bonds. The number of carbonyl (C=O) groups excluding carboxylic acids is 1. The molecular weight excluding hydrogens is 474 g/mol. The number of nitrogens with zero attached hydrogens (tertiary/aromatic N) is 2. The molecule has 6 nitrogen and oxygen atoms in total. The first kappa shape index (κ1) is 25.5. The molecule has 2 aromatic carbocycles. The van der Waals surface area contributed by atoms with Gasteiger partial charge in [0.1, 0.15) is 11.6 Å². The number of fused-ring (bicyclic) bond motifs is 1. The minimum atomic E-state index is -0.629. The maximum absolute atomic E-state index is 15.1. The van der Waals surface area contributed by atoms with E-state index in [0.717, 1.165) is 51.0 Å². The van der Waals surface area contributed by atoms with Gasteiger partial charge in [0.05, 0.1) is 17.0 Å². The van der Waals surface area contributed by atoms with Gasteiger partial charge in [-0.25, -0.2) is 8.78 Å². The van der Waals surface area contributed by atoms with E-state index >= 15 is 4.39 Å². The van der Waals surface area contributed by atoms with Crippen molar-refractivity contribution < 1.29 is 13.6 Å². The molecule has 1 aliphatic carbocycles. The standard InChI is InChI=1S/C29H34F2N4O2/c1-2-14-35-24(18-34-15-12-32-13-16-34)26(22-10-5-11-23(31)25(22)29(35)37)28(36)33-27(19-6-3-7-19)20-8-4-9-21(30)17-20/h4-5,8-11,17,19,27,32H,2-3,6-7,12-16,18H2,1H3,(H,33,36)/t27-/m0/s1. The summed E-state index contributed by atoms with van der Waals surface area (Å²) in [5.41, 5.74) is 1.26. The molecule has 5 rings (SSSR count). The molecule has 0 radical (unpaired) electrons. The van der Waals surface area contributed by atoms with Gasteiger partial charge in [-0.2, -0.15) is 0 Å². The Morgan fingerprint density at radius 1 is 1.14 bits per heavy atom. The summed E-state index contributed by atoms with van der Waals surface area (Å²) in [6.07, 6.45) is 3.62. The predicted molar refractivity (Wildman–Crippen MR) is 141 cm³/mol. The molecule has 2 aliphatic rings. The fraction of sp³-hybridized carbons (Fsp3) is 0.448. The monoisotopic (exact) mass is 508 g/mol. The Bertz CT molecular complexity index is 1350. The van der Waals surface area contributed by atoms with Crippen molar-refractivity contribution in [3.8, 4) is 0 Å². The van der Waals surface area contributed by atoms with Crippen molar-refractivity contribution in [3.05, 3.63) is 81.3 Å². The van der Waals surface area contributed by atoms with Crippen LogP contribution in [-0.2, 0) is 13.1 Å². The maximum atomic E-state index is 15.1. The van der Waals surface area contributed by atoms with E-state index in [0.29, 0.717) is 36.2 Å². The highest BCUT2D eigenvalue weighted by Gasteiger charge is 2.32. The zero-order chi connectivity index (χ0) is 25.9. The second-order valence-electron chi connectivity index (χ2n) is 10.2. The summed E-state index contributed by atoms with van der Waals surface area (Å²) in [6.45, 7) is 5.99. The summed E-state index contributed by atoms with van der Waals surface area (Å²) < 4.78 is 30.8. The minimum absolute atomic E-state index is 0.0592. The van der Waals surface area contributed by atoms with Crippen LogP contribution in [0.1, 0.15) is 60.3 Å². The third-order valence-electron chi connectivity index (χ3n) is 7.73. The minimum Gasteiger partial charge on any atom is -0.345 e. The Balaban J connectivity index is 1.64. The molecule has 1 atom stereocenters. The van der Waals surface area contributed by atoms with Gasteiger partial charge in [-0.05, 0) is 48.9 Å². The number of piperazine rings is 1. The molecule has 37 heavy (non-hydrogen) atoms. The second kappa shape index (κ2) is 11.1. The van der Waals surface area contributed by atoms with Crippen LogP contribution in [0.4, 0.5) is 8.78 Å². The zero-order valence-electron chi connectivity index (χ0n) is 21.2. The number of nitrogens with one attached hydrogen (secondary N) is 2. The van der Waals surface area contributed by atoms with Crippen LogP contribution in [-0.4, -0.2) is 41.6 Å². The van der Waals surface area contributed by atoms with Crippen molar-refractivity contribution in [3.63, 3.8) is 0 Å². The number of benzene rings is 2. The largest absolute Gasteiger partial charge is 0.345 e. The molecule has 196 valence electrons. The van der Waals surface area contributed by atoms with Gasteiger partial charge in [0.25, 0.3) is 11.5 Å². The van der Waals surface area contributed by atoms with E-state index in [9.17, 15) is 14.0 Å². The molecule has 1 saturated carbocycles. The highest BCUT2D eigenvalue weighted by molar-refractivity contribution is 6.08. The average molecular weight is 509 g/mol. The zero-order valence-corrected chi connectivity index (χ0v) is 21.2. The van der Waals surface area contributed by atoms with E-state index in [1.54, 1.807) is 22.8 Å². The first-order valence-electron chi connectivity index (χ1n) is 13.3. The van der Waals surface area contributed by atoms with Crippen LogP contribution in [0.5, 0.6) is 0 Å². The van der Waals surface area contributed by atoms with Crippen molar-refractivity contribution in [2.24, 2.45) is 5.92 Å². The summed E-state index contributed by atoms with van der Waals surface area (Å²) >= 11 is 0. The van der Waals surface area contributed by atoms with Crippen LogP contribution in [0.3, 0.4) is 0 Å². The molecule has 2 N–H and O–H groups in total. The van der Waals surface area contributed by atoms with E-state index < -0.39 is 11.4 Å². The molecule has 8 heteroatoms. The molecule has 0 bridgehead atoms. The lowest BCUT2D eigenvalue weighted by Gasteiger charge is -2.35. The number of halogens is 2. The number of aromatic nitrogens is 1. The lowest BCUT2D eigenvalue weighted by atomic mass is 9.77. The van der Waals surface area contributed by atoms with Crippen LogP contribution >= 0.6 is 0 Å². The van der Waals surface area contributed by atoms with Crippen molar-refractivity contribution in [1.29, 1.82) is 0 Å². The van der Waals surface area contributed by atoms with Crippen LogP contribution in [0.25, 0.3) is 10.8 Å². The third-order valence-corrected chi connectivity index (χ3v) is 7.73.